The number of anilines is 1. The first-order valence-corrected chi connectivity index (χ1v) is 7.80. The summed E-state index contributed by atoms with van der Waals surface area (Å²) in [6.45, 7) is 6.46. The maximum Gasteiger partial charge on any atom is 0.253 e. The van der Waals surface area contributed by atoms with Crippen molar-refractivity contribution >= 4 is 34.5 Å². The topological polar surface area (TPSA) is 54.0 Å². The van der Waals surface area contributed by atoms with Gasteiger partial charge in [0.25, 0.3) is 5.91 Å². The van der Waals surface area contributed by atoms with Crippen molar-refractivity contribution in [3.63, 3.8) is 0 Å². The number of nitrogens with one attached hydrogen (secondary N) is 2. The van der Waals surface area contributed by atoms with Crippen LogP contribution in [0.2, 0.25) is 4.47 Å². The Labute approximate surface area is 133 Å². The summed E-state index contributed by atoms with van der Waals surface area (Å²) >= 11 is 7.23. The molecular formula is C15H18ClN3OS. The number of carbonyl (C=O) groups is 1. The molecule has 0 saturated heterocycles. The number of halogens is 1. The number of amides is 1. The summed E-state index contributed by atoms with van der Waals surface area (Å²) < 4.78 is 0.519. The normalized spacial score (nSPS) is 11.2. The van der Waals surface area contributed by atoms with Crippen molar-refractivity contribution in [2.75, 3.05) is 5.32 Å². The second-order valence-electron chi connectivity index (χ2n) is 5.68. The molecule has 1 aromatic heterocycles. The van der Waals surface area contributed by atoms with E-state index >= 15 is 0 Å². The van der Waals surface area contributed by atoms with Crippen molar-refractivity contribution in [3.05, 3.63) is 45.4 Å². The minimum atomic E-state index is -0.268. The van der Waals surface area contributed by atoms with Crippen LogP contribution in [0.15, 0.2) is 30.5 Å². The van der Waals surface area contributed by atoms with Crippen molar-refractivity contribution in [2.24, 2.45) is 0 Å². The monoisotopic (exact) mass is 323 g/mol. The second-order valence-corrected chi connectivity index (χ2v) is 7.38. The summed E-state index contributed by atoms with van der Waals surface area (Å²) in [5, 5.41) is 6.23. The molecule has 0 radical (unpaired) electrons. The number of hydrogen-bond donors (Lipinski definition) is 2. The van der Waals surface area contributed by atoms with Gasteiger partial charge < -0.3 is 10.6 Å². The second kappa shape index (κ2) is 6.45. The van der Waals surface area contributed by atoms with Crippen LogP contribution in [-0.4, -0.2) is 16.4 Å². The van der Waals surface area contributed by atoms with Crippen LogP contribution in [0.4, 0.5) is 5.69 Å². The van der Waals surface area contributed by atoms with E-state index in [0.717, 1.165) is 10.6 Å². The molecule has 0 unspecified atom stereocenters. The molecule has 1 heterocycles. The van der Waals surface area contributed by atoms with E-state index in [0.29, 0.717) is 16.6 Å². The Balaban J connectivity index is 2.11. The highest BCUT2D eigenvalue weighted by Gasteiger charge is 2.17. The van der Waals surface area contributed by atoms with Crippen molar-refractivity contribution in [1.82, 2.24) is 10.3 Å². The Bertz CT molecular complexity index is 634. The third-order valence-corrected chi connectivity index (χ3v) is 3.75. The lowest BCUT2D eigenvalue weighted by molar-refractivity contribution is 0.0920. The molecule has 0 aliphatic rings. The molecule has 0 aliphatic carbocycles. The van der Waals surface area contributed by atoms with Gasteiger partial charge in [0.15, 0.2) is 4.47 Å². The van der Waals surface area contributed by atoms with Gasteiger partial charge in [-0.1, -0.05) is 23.7 Å². The van der Waals surface area contributed by atoms with E-state index in [4.69, 9.17) is 11.6 Å². The third-order valence-electron chi connectivity index (χ3n) is 2.64. The lowest BCUT2D eigenvalue weighted by atomic mass is 10.1. The molecule has 0 bridgehead atoms. The van der Waals surface area contributed by atoms with Crippen LogP contribution >= 0.6 is 22.9 Å². The van der Waals surface area contributed by atoms with Crippen LogP contribution in [0.1, 0.15) is 36.0 Å². The smallest absolute Gasteiger partial charge is 0.253 e. The van der Waals surface area contributed by atoms with Gasteiger partial charge in [-0.05, 0) is 32.9 Å². The van der Waals surface area contributed by atoms with Crippen LogP contribution < -0.4 is 10.6 Å². The average Bonchev–Trinajstić information content (AvgIpc) is 2.80. The predicted octanol–water partition coefficient (Wildman–Crippen LogP) is 3.94. The Hall–Kier alpha value is -1.59. The van der Waals surface area contributed by atoms with Gasteiger partial charge in [0.1, 0.15) is 0 Å². The van der Waals surface area contributed by atoms with E-state index in [1.165, 1.54) is 11.3 Å². The largest absolute Gasteiger partial charge is 0.379 e. The predicted molar refractivity (Wildman–Crippen MR) is 88.1 cm³/mol. The maximum atomic E-state index is 12.3. The number of aromatic nitrogens is 1. The third kappa shape index (κ3) is 4.72. The van der Waals surface area contributed by atoms with Gasteiger partial charge in [-0.25, -0.2) is 4.98 Å². The first kappa shape index (κ1) is 15.8. The molecule has 1 aromatic carbocycles. The molecule has 1 amide bonds. The Morgan fingerprint density at radius 2 is 2.05 bits per heavy atom. The van der Waals surface area contributed by atoms with Crippen molar-refractivity contribution in [1.29, 1.82) is 0 Å². The zero-order chi connectivity index (χ0) is 15.5. The SMILES string of the molecule is CC(C)(C)NC(=O)c1ccccc1NCc1cnc(Cl)s1. The quantitative estimate of drug-likeness (QED) is 0.896. The van der Waals surface area contributed by atoms with E-state index in [9.17, 15) is 4.79 Å². The molecule has 112 valence electrons. The zero-order valence-electron chi connectivity index (χ0n) is 12.2. The Kier molecular flexibility index (Phi) is 4.85. The number of carbonyl (C=O) groups excluding carboxylic acids is 1. The van der Waals surface area contributed by atoms with Crippen LogP contribution in [0.3, 0.4) is 0 Å². The number of para-hydroxylation sites is 1. The van der Waals surface area contributed by atoms with Crippen molar-refractivity contribution in [2.45, 2.75) is 32.9 Å². The van der Waals surface area contributed by atoms with Gasteiger partial charge in [0, 0.05) is 22.3 Å². The lowest BCUT2D eigenvalue weighted by Gasteiger charge is -2.21. The molecule has 0 aliphatic heterocycles. The summed E-state index contributed by atoms with van der Waals surface area (Å²) in [6, 6.07) is 7.45. The van der Waals surface area contributed by atoms with Crippen LogP contribution in [0.25, 0.3) is 0 Å². The first-order chi connectivity index (χ1) is 9.85. The Morgan fingerprint density at radius 1 is 1.33 bits per heavy atom. The van der Waals surface area contributed by atoms with Crippen LogP contribution in [-0.2, 0) is 6.54 Å². The van der Waals surface area contributed by atoms with Crippen LogP contribution in [0.5, 0.6) is 0 Å². The highest BCUT2D eigenvalue weighted by molar-refractivity contribution is 7.15. The molecule has 0 spiro atoms. The fraction of sp³-hybridized carbons (Fsp3) is 0.333. The van der Waals surface area contributed by atoms with E-state index in [2.05, 4.69) is 15.6 Å². The minimum absolute atomic E-state index is 0.0899. The summed E-state index contributed by atoms with van der Waals surface area (Å²) in [5.41, 5.74) is 1.15. The van der Waals surface area contributed by atoms with Gasteiger partial charge in [0.05, 0.1) is 12.1 Å². The van der Waals surface area contributed by atoms with Gasteiger partial charge in [-0.15, -0.1) is 11.3 Å². The number of nitrogens with zero attached hydrogens (tertiary/aromatic N) is 1. The summed E-state index contributed by atoms with van der Waals surface area (Å²) in [6.07, 6.45) is 1.73. The van der Waals surface area contributed by atoms with Gasteiger partial charge in [0.2, 0.25) is 0 Å². The summed E-state index contributed by atoms with van der Waals surface area (Å²) in [5.74, 6) is -0.0899. The maximum absolute atomic E-state index is 12.3. The van der Waals surface area contributed by atoms with E-state index in [1.807, 2.05) is 45.0 Å². The summed E-state index contributed by atoms with van der Waals surface area (Å²) in [4.78, 5) is 17.3. The molecule has 2 N–H and O–H groups in total. The molecule has 0 saturated carbocycles. The van der Waals surface area contributed by atoms with Crippen molar-refractivity contribution < 1.29 is 4.79 Å². The van der Waals surface area contributed by atoms with Gasteiger partial charge in [-0.3, -0.25) is 4.79 Å². The van der Waals surface area contributed by atoms with E-state index in [-0.39, 0.29) is 11.4 Å². The Morgan fingerprint density at radius 3 is 2.67 bits per heavy atom. The molecule has 0 atom stereocenters. The minimum Gasteiger partial charge on any atom is -0.379 e. The fourth-order valence-corrected chi connectivity index (χ4v) is 2.71. The standard InChI is InChI=1S/C15H18ClN3OS/c1-15(2,3)19-13(20)11-6-4-5-7-12(11)17-8-10-9-18-14(16)21-10/h4-7,9,17H,8H2,1-3H3,(H,19,20). The number of thiazole rings is 1. The molecule has 6 heteroatoms. The number of benzene rings is 1. The molecule has 4 nitrogen and oxygen atoms in total. The molecule has 21 heavy (non-hydrogen) atoms. The number of rotatable bonds is 4. The van der Waals surface area contributed by atoms with E-state index < -0.39 is 0 Å². The highest BCUT2D eigenvalue weighted by Crippen LogP contribution is 2.21. The molecule has 2 rings (SSSR count). The zero-order valence-corrected chi connectivity index (χ0v) is 13.8. The van der Waals surface area contributed by atoms with Gasteiger partial charge in [-0.2, -0.15) is 0 Å². The fourth-order valence-electron chi connectivity index (χ4n) is 1.79. The number of hydrogen-bond acceptors (Lipinski definition) is 4. The van der Waals surface area contributed by atoms with E-state index in [1.54, 1.807) is 6.20 Å². The van der Waals surface area contributed by atoms with Gasteiger partial charge >= 0.3 is 0 Å². The highest BCUT2D eigenvalue weighted by atomic mass is 35.5. The molecule has 2 aromatic rings. The van der Waals surface area contributed by atoms with Crippen LogP contribution in [0, 0.1) is 0 Å². The molecular weight excluding hydrogens is 306 g/mol. The van der Waals surface area contributed by atoms with Crippen molar-refractivity contribution in [3.8, 4) is 0 Å². The summed E-state index contributed by atoms with van der Waals surface area (Å²) in [7, 11) is 0. The first-order valence-electron chi connectivity index (χ1n) is 6.61. The lowest BCUT2D eigenvalue weighted by Crippen LogP contribution is -2.40. The average molecular weight is 324 g/mol. The molecule has 0 fully saturated rings.